The summed E-state index contributed by atoms with van der Waals surface area (Å²) in [4.78, 5) is 0. The highest BCUT2D eigenvalue weighted by Crippen LogP contribution is 2.34. The molecule has 0 aliphatic heterocycles. The normalized spacial score (nSPS) is 18.6. The second-order valence-corrected chi connectivity index (χ2v) is 4.97. The summed E-state index contributed by atoms with van der Waals surface area (Å²) in [6, 6.07) is 2.00. The summed E-state index contributed by atoms with van der Waals surface area (Å²) in [7, 11) is 0. The van der Waals surface area contributed by atoms with E-state index in [0.717, 1.165) is 5.56 Å². The van der Waals surface area contributed by atoms with E-state index in [9.17, 15) is 5.11 Å². The van der Waals surface area contributed by atoms with Crippen LogP contribution in [0, 0.1) is 11.8 Å². The lowest BCUT2D eigenvalue weighted by Gasteiger charge is -2.32. The van der Waals surface area contributed by atoms with Crippen LogP contribution in [0.2, 0.25) is 0 Å². The average molecular weight is 198 g/mol. The van der Waals surface area contributed by atoms with E-state index in [-0.39, 0.29) is 5.92 Å². The Morgan fingerprint density at radius 1 is 1.38 bits per heavy atom. The summed E-state index contributed by atoms with van der Waals surface area (Å²) in [6.07, 6.45) is 0. The lowest BCUT2D eigenvalue weighted by Crippen LogP contribution is -2.32. The van der Waals surface area contributed by atoms with Crippen LogP contribution in [-0.4, -0.2) is 5.11 Å². The first-order valence-corrected chi connectivity index (χ1v) is 5.65. The van der Waals surface area contributed by atoms with Crippen molar-refractivity contribution in [2.24, 2.45) is 11.8 Å². The second-order valence-electron chi connectivity index (χ2n) is 4.19. The zero-order chi connectivity index (χ0) is 10.1. The molecule has 1 aromatic heterocycles. The minimum atomic E-state index is -0.686. The van der Waals surface area contributed by atoms with Crippen molar-refractivity contribution in [3.63, 3.8) is 0 Å². The van der Waals surface area contributed by atoms with Crippen LogP contribution in [0.1, 0.15) is 33.3 Å². The van der Waals surface area contributed by atoms with Crippen molar-refractivity contribution in [2.75, 3.05) is 0 Å². The first-order valence-electron chi connectivity index (χ1n) is 4.71. The predicted octanol–water partition coefficient (Wildman–Crippen LogP) is 3.25. The Bertz CT molecular complexity index is 249. The molecule has 0 spiro atoms. The van der Waals surface area contributed by atoms with Gasteiger partial charge in [-0.2, -0.15) is 11.3 Å². The van der Waals surface area contributed by atoms with Gasteiger partial charge in [-0.1, -0.05) is 20.8 Å². The highest BCUT2D eigenvalue weighted by atomic mass is 32.1. The fourth-order valence-electron chi connectivity index (χ4n) is 1.46. The molecule has 1 heterocycles. The van der Waals surface area contributed by atoms with E-state index in [4.69, 9.17) is 0 Å². The molecule has 0 aliphatic rings. The molecule has 0 radical (unpaired) electrons. The molecule has 0 fully saturated rings. The topological polar surface area (TPSA) is 20.2 Å². The Balaban J connectivity index is 2.88. The molecule has 0 aromatic carbocycles. The predicted molar refractivity (Wildman–Crippen MR) is 57.9 cm³/mol. The van der Waals surface area contributed by atoms with E-state index in [1.165, 1.54) is 0 Å². The molecule has 2 heteroatoms. The Hall–Kier alpha value is -0.340. The third-order valence-electron chi connectivity index (χ3n) is 2.99. The van der Waals surface area contributed by atoms with Crippen molar-refractivity contribution in [2.45, 2.75) is 33.3 Å². The molecule has 13 heavy (non-hydrogen) atoms. The van der Waals surface area contributed by atoms with Gasteiger partial charge in [0.15, 0.2) is 0 Å². The molecule has 0 aliphatic carbocycles. The van der Waals surface area contributed by atoms with Gasteiger partial charge >= 0.3 is 0 Å². The SMILES string of the molecule is CC(C)C(C)C(C)(O)c1ccsc1. The fraction of sp³-hybridized carbons (Fsp3) is 0.636. The largest absolute Gasteiger partial charge is 0.385 e. The number of aliphatic hydroxyl groups is 1. The van der Waals surface area contributed by atoms with Crippen LogP contribution in [0.15, 0.2) is 16.8 Å². The molecule has 1 rings (SSSR count). The molecule has 2 unspecified atom stereocenters. The maximum Gasteiger partial charge on any atom is 0.0904 e. The second kappa shape index (κ2) is 3.81. The maximum absolute atomic E-state index is 10.3. The standard InChI is InChI=1S/C11H18OS/c1-8(2)9(3)11(4,12)10-5-6-13-7-10/h5-9,12H,1-4H3. The minimum Gasteiger partial charge on any atom is -0.385 e. The lowest BCUT2D eigenvalue weighted by atomic mass is 9.79. The summed E-state index contributed by atoms with van der Waals surface area (Å²) >= 11 is 1.64. The van der Waals surface area contributed by atoms with E-state index in [2.05, 4.69) is 20.8 Å². The molecule has 1 nitrogen and oxygen atoms in total. The lowest BCUT2D eigenvalue weighted by molar-refractivity contribution is -0.0170. The van der Waals surface area contributed by atoms with Gasteiger partial charge in [-0.15, -0.1) is 0 Å². The summed E-state index contributed by atoms with van der Waals surface area (Å²) in [5.41, 5.74) is 0.354. The first kappa shape index (κ1) is 10.7. The van der Waals surface area contributed by atoms with E-state index in [1.54, 1.807) is 11.3 Å². The van der Waals surface area contributed by atoms with Gasteiger partial charge in [0, 0.05) is 0 Å². The van der Waals surface area contributed by atoms with Gasteiger partial charge in [-0.05, 0) is 41.1 Å². The highest BCUT2D eigenvalue weighted by molar-refractivity contribution is 7.08. The van der Waals surface area contributed by atoms with Crippen molar-refractivity contribution in [1.82, 2.24) is 0 Å². The first-order chi connectivity index (χ1) is 5.96. The smallest absolute Gasteiger partial charge is 0.0904 e. The zero-order valence-corrected chi connectivity index (χ0v) is 9.56. The van der Waals surface area contributed by atoms with E-state index in [0.29, 0.717) is 5.92 Å². The van der Waals surface area contributed by atoms with Gasteiger partial charge in [0.2, 0.25) is 0 Å². The van der Waals surface area contributed by atoms with Crippen LogP contribution < -0.4 is 0 Å². The van der Waals surface area contributed by atoms with Gasteiger partial charge in [0.25, 0.3) is 0 Å². The zero-order valence-electron chi connectivity index (χ0n) is 8.74. The fourth-order valence-corrected chi connectivity index (χ4v) is 2.23. The van der Waals surface area contributed by atoms with E-state index in [1.807, 2.05) is 23.8 Å². The number of hydrogen-bond acceptors (Lipinski definition) is 2. The molecule has 0 bridgehead atoms. The maximum atomic E-state index is 10.3. The number of hydrogen-bond donors (Lipinski definition) is 1. The Kier molecular flexibility index (Phi) is 3.14. The Labute approximate surface area is 84.4 Å². The van der Waals surface area contributed by atoms with Crippen LogP contribution in [-0.2, 0) is 5.60 Å². The van der Waals surface area contributed by atoms with Crippen molar-refractivity contribution in [3.05, 3.63) is 22.4 Å². The van der Waals surface area contributed by atoms with Crippen LogP contribution in [0.4, 0.5) is 0 Å². The Morgan fingerprint density at radius 2 is 2.00 bits per heavy atom. The molecule has 1 N–H and O–H groups in total. The van der Waals surface area contributed by atoms with E-state index >= 15 is 0 Å². The third kappa shape index (κ3) is 2.12. The van der Waals surface area contributed by atoms with Crippen molar-refractivity contribution in [1.29, 1.82) is 0 Å². The van der Waals surface area contributed by atoms with Gasteiger partial charge in [0.05, 0.1) is 5.60 Å². The van der Waals surface area contributed by atoms with Crippen molar-refractivity contribution in [3.8, 4) is 0 Å². The quantitative estimate of drug-likeness (QED) is 0.790. The van der Waals surface area contributed by atoms with Crippen LogP contribution >= 0.6 is 11.3 Å². The molecule has 0 amide bonds. The number of rotatable bonds is 3. The monoisotopic (exact) mass is 198 g/mol. The van der Waals surface area contributed by atoms with Crippen LogP contribution in [0.25, 0.3) is 0 Å². The molecule has 74 valence electrons. The molecule has 1 aromatic rings. The van der Waals surface area contributed by atoms with Crippen molar-refractivity contribution >= 4 is 11.3 Å². The van der Waals surface area contributed by atoms with E-state index < -0.39 is 5.60 Å². The minimum absolute atomic E-state index is 0.280. The van der Waals surface area contributed by atoms with Crippen molar-refractivity contribution < 1.29 is 5.11 Å². The third-order valence-corrected chi connectivity index (χ3v) is 3.68. The molecular formula is C11H18OS. The van der Waals surface area contributed by atoms with Gasteiger partial charge in [-0.3, -0.25) is 0 Å². The van der Waals surface area contributed by atoms with Crippen LogP contribution in [0.5, 0.6) is 0 Å². The van der Waals surface area contributed by atoms with Gasteiger partial charge < -0.3 is 5.11 Å². The van der Waals surface area contributed by atoms with Gasteiger partial charge in [-0.25, -0.2) is 0 Å². The van der Waals surface area contributed by atoms with Crippen LogP contribution in [0.3, 0.4) is 0 Å². The molecule has 2 atom stereocenters. The highest BCUT2D eigenvalue weighted by Gasteiger charge is 2.32. The average Bonchev–Trinajstić information content (AvgIpc) is 2.54. The molecule has 0 saturated heterocycles. The summed E-state index contributed by atoms with van der Waals surface area (Å²) < 4.78 is 0. The summed E-state index contributed by atoms with van der Waals surface area (Å²) in [6.45, 7) is 8.29. The molecule has 0 saturated carbocycles. The summed E-state index contributed by atoms with van der Waals surface area (Å²) in [5.74, 6) is 0.775. The van der Waals surface area contributed by atoms with Gasteiger partial charge in [0.1, 0.15) is 0 Å². The summed E-state index contributed by atoms with van der Waals surface area (Å²) in [5, 5.41) is 14.4. The molecular weight excluding hydrogens is 180 g/mol. The Morgan fingerprint density at radius 3 is 2.38 bits per heavy atom. The number of thiophene rings is 1.